The normalized spacial score (nSPS) is 14.7. The Labute approximate surface area is 104 Å². The third-order valence-electron chi connectivity index (χ3n) is 2.54. The molecular formula is C12H14BrClO. The molecule has 0 aliphatic carbocycles. The zero-order valence-electron chi connectivity index (χ0n) is 9.05. The second kappa shape index (κ2) is 5.13. The van der Waals surface area contributed by atoms with E-state index >= 15 is 0 Å². The van der Waals surface area contributed by atoms with E-state index in [9.17, 15) is 4.79 Å². The largest absolute Gasteiger partial charge is 0.299 e. The lowest BCUT2D eigenvalue weighted by molar-refractivity contribution is -0.116. The van der Waals surface area contributed by atoms with Gasteiger partial charge in [-0.25, -0.2) is 0 Å². The van der Waals surface area contributed by atoms with Crippen molar-refractivity contribution >= 4 is 33.3 Å². The quantitative estimate of drug-likeness (QED) is 0.766. The van der Waals surface area contributed by atoms with E-state index in [1.54, 1.807) is 6.92 Å². The van der Waals surface area contributed by atoms with Crippen LogP contribution in [0.1, 0.15) is 30.9 Å². The van der Waals surface area contributed by atoms with Gasteiger partial charge in [-0.2, -0.15) is 0 Å². The van der Waals surface area contributed by atoms with Crippen molar-refractivity contribution in [3.8, 4) is 0 Å². The molecule has 0 spiro atoms. The molecule has 0 aliphatic heterocycles. The summed E-state index contributed by atoms with van der Waals surface area (Å²) in [6.45, 7) is 5.55. The molecule has 1 rings (SSSR count). The molecule has 0 saturated carbocycles. The van der Waals surface area contributed by atoms with Crippen molar-refractivity contribution in [3.05, 3.63) is 34.3 Å². The molecule has 0 N–H and O–H groups in total. The fourth-order valence-electron chi connectivity index (χ4n) is 1.53. The highest BCUT2D eigenvalue weighted by atomic mass is 79.9. The van der Waals surface area contributed by atoms with Crippen LogP contribution in [0.3, 0.4) is 0 Å². The van der Waals surface area contributed by atoms with Gasteiger partial charge in [0, 0.05) is 10.9 Å². The molecule has 0 aliphatic rings. The van der Waals surface area contributed by atoms with Crippen LogP contribution in [-0.2, 0) is 4.79 Å². The van der Waals surface area contributed by atoms with Crippen molar-refractivity contribution in [2.45, 2.75) is 31.5 Å². The van der Waals surface area contributed by atoms with Gasteiger partial charge in [0.15, 0.2) is 0 Å². The number of alkyl halides is 1. The SMILES string of the molecule is CC(=O)C(Br)C(C)c1cccc(C)c1Cl. The molecule has 2 unspecified atom stereocenters. The fourth-order valence-corrected chi connectivity index (χ4v) is 2.11. The summed E-state index contributed by atoms with van der Waals surface area (Å²) in [4.78, 5) is 11.1. The molecule has 2 atom stereocenters. The van der Waals surface area contributed by atoms with Crippen molar-refractivity contribution in [3.63, 3.8) is 0 Å². The number of carbonyl (C=O) groups is 1. The first-order valence-electron chi connectivity index (χ1n) is 4.84. The van der Waals surface area contributed by atoms with Crippen molar-refractivity contribution in [2.75, 3.05) is 0 Å². The first kappa shape index (κ1) is 12.7. The molecule has 3 heteroatoms. The molecule has 1 nitrogen and oxygen atoms in total. The highest BCUT2D eigenvalue weighted by molar-refractivity contribution is 9.10. The number of ketones is 1. The highest BCUT2D eigenvalue weighted by Gasteiger charge is 2.22. The Morgan fingerprint density at radius 1 is 1.47 bits per heavy atom. The molecule has 0 amide bonds. The maximum Gasteiger partial charge on any atom is 0.144 e. The van der Waals surface area contributed by atoms with Gasteiger partial charge in [0.05, 0.1) is 4.83 Å². The van der Waals surface area contributed by atoms with Crippen molar-refractivity contribution in [1.82, 2.24) is 0 Å². The summed E-state index contributed by atoms with van der Waals surface area (Å²) < 4.78 is 0. The number of hydrogen-bond acceptors (Lipinski definition) is 1. The van der Waals surface area contributed by atoms with Gasteiger partial charge < -0.3 is 0 Å². The number of halogens is 2. The number of rotatable bonds is 3. The summed E-state index contributed by atoms with van der Waals surface area (Å²) in [6.07, 6.45) is 0. The van der Waals surface area contributed by atoms with Gasteiger partial charge in [-0.1, -0.05) is 52.7 Å². The lowest BCUT2D eigenvalue weighted by Gasteiger charge is -2.18. The van der Waals surface area contributed by atoms with Crippen LogP contribution in [-0.4, -0.2) is 10.6 Å². The van der Waals surface area contributed by atoms with Crippen LogP contribution in [0.15, 0.2) is 18.2 Å². The molecule has 1 aromatic rings. The van der Waals surface area contributed by atoms with Gasteiger partial charge in [-0.15, -0.1) is 0 Å². The van der Waals surface area contributed by atoms with Gasteiger partial charge in [0.25, 0.3) is 0 Å². The second-order valence-corrected chi connectivity index (χ2v) is 5.14. The molecule has 82 valence electrons. The molecular weight excluding hydrogens is 275 g/mol. The van der Waals surface area contributed by atoms with Crippen LogP contribution >= 0.6 is 27.5 Å². The molecule has 1 aromatic carbocycles. The maximum atomic E-state index is 11.3. The third kappa shape index (κ3) is 2.82. The average molecular weight is 290 g/mol. The van der Waals surface area contributed by atoms with Gasteiger partial charge in [-0.05, 0) is 25.0 Å². The van der Waals surface area contributed by atoms with Crippen LogP contribution in [0.25, 0.3) is 0 Å². The van der Waals surface area contributed by atoms with Gasteiger partial charge in [0.1, 0.15) is 5.78 Å². The summed E-state index contributed by atoms with van der Waals surface area (Å²) in [5, 5.41) is 0.760. The molecule has 0 saturated heterocycles. The monoisotopic (exact) mass is 288 g/mol. The molecule has 0 radical (unpaired) electrons. The Balaban J connectivity index is 3.06. The Morgan fingerprint density at radius 2 is 2.07 bits per heavy atom. The summed E-state index contributed by atoms with van der Waals surface area (Å²) in [7, 11) is 0. The first-order valence-corrected chi connectivity index (χ1v) is 6.14. The second-order valence-electron chi connectivity index (χ2n) is 3.78. The fraction of sp³-hybridized carbons (Fsp3) is 0.417. The maximum absolute atomic E-state index is 11.3. The predicted molar refractivity (Wildman–Crippen MR) is 68.0 cm³/mol. The summed E-state index contributed by atoms with van der Waals surface area (Å²) in [6, 6.07) is 5.90. The first-order chi connectivity index (χ1) is 6.95. The zero-order valence-corrected chi connectivity index (χ0v) is 11.4. The van der Waals surface area contributed by atoms with Crippen molar-refractivity contribution in [1.29, 1.82) is 0 Å². The lowest BCUT2D eigenvalue weighted by atomic mass is 9.94. The number of benzene rings is 1. The van der Waals surface area contributed by atoms with Gasteiger partial charge in [0.2, 0.25) is 0 Å². The summed E-state index contributed by atoms with van der Waals surface area (Å²) in [5.41, 5.74) is 2.07. The smallest absolute Gasteiger partial charge is 0.144 e. The standard InChI is InChI=1S/C12H14BrClO/c1-7-5-4-6-10(12(7)14)8(2)11(13)9(3)15/h4-6,8,11H,1-3H3. The van der Waals surface area contributed by atoms with Crippen molar-refractivity contribution in [2.24, 2.45) is 0 Å². The van der Waals surface area contributed by atoms with E-state index in [2.05, 4.69) is 15.9 Å². The molecule has 0 fully saturated rings. The van der Waals surface area contributed by atoms with E-state index < -0.39 is 0 Å². The van der Waals surface area contributed by atoms with Crippen molar-refractivity contribution < 1.29 is 4.79 Å². The third-order valence-corrected chi connectivity index (χ3v) is 4.49. The minimum Gasteiger partial charge on any atom is -0.299 e. The Morgan fingerprint density at radius 3 is 2.60 bits per heavy atom. The van der Waals surface area contributed by atoms with E-state index in [1.807, 2.05) is 32.0 Å². The topological polar surface area (TPSA) is 17.1 Å². The number of hydrogen-bond donors (Lipinski definition) is 0. The zero-order chi connectivity index (χ0) is 11.6. The minimum atomic E-state index is -0.170. The number of carbonyl (C=O) groups excluding carboxylic acids is 1. The molecule has 0 aromatic heterocycles. The molecule has 0 heterocycles. The van der Waals surface area contributed by atoms with E-state index in [-0.39, 0.29) is 16.5 Å². The van der Waals surface area contributed by atoms with Crippen LogP contribution in [0.2, 0.25) is 5.02 Å². The van der Waals surface area contributed by atoms with Gasteiger partial charge in [-0.3, -0.25) is 4.79 Å². The van der Waals surface area contributed by atoms with E-state index in [0.29, 0.717) is 0 Å². The van der Waals surface area contributed by atoms with Gasteiger partial charge >= 0.3 is 0 Å². The van der Waals surface area contributed by atoms with Crippen LogP contribution < -0.4 is 0 Å². The molecule has 0 bridgehead atoms. The van der Waals surface area contributed by atoms with Crippen LogP contribution in [0, 0.1) is 6.92 Å². The van der Waals surface area contributed by atoms with E-state index in [0.717, 1.165) is 16.1 Å². The Hall–Kier alpha value is -0.340. The average Bonchev–Trinajstić information content (AvgIpc) is 2.20. The predicted octanol–water partition coefficient (Wildman–Crippen LogP) is 4.10. The minimum absolute atomic E-state index is 0.0925. The van der Waals surface area contributed by atoms with Crippen LogP contribution in [0.4, 0.5) is 0 Å². The Bertz CT molecular complexity index is 376. The van der Waals surface area contributed by atoms with Crippen LogP contribution in [0.5, 0.6) is 0 Å². The summed E-state index contributed by atoms with van der Waals surface area (Å²) >= 11 is 9.60. The summed E-state index contributed by atoms with van der Waals surface area (Å²) in [5.74, 6) is 0.218. The van der Waals surface area contributed by atoms with E-state index in [4.69, 9.17) is 11.6 Å². The number of aryl methyl sites for hydroxylation is 1. The Kier molecular flexibility index (Phi) is 4.35. The molecule has 15 heavy (non-hydrogen) atoms. The van der Waals surface area contributed by atoms with E-state index in [1.165, 1.54) is 0 Å². The lowest BCUT2D eigenvalue weighted by Crippen LogP contribution is -2.18. The number of Topliss-reactive ketones (excluding diaryl/α,β-unsaturated/α-hetero) is 1. The highest BCUT2D eigenvalue weighted by Crippen LogP contribution is 2.32.